The Kier molecular flexibility index (Phi) is 3.96. The van der Waals surface area contributed by atoms with Crippen LogP contribution in [0.3, 0.4) is 0 Å². The maximum Gasteiger partial charge on any atom is 0.320 e. The second-order valence-electron chi connectivity index (χ2n) is 5.01. The molecule has 1 fully saturated rings. The van der Waals surface area contributed by atoms with Gasteiger partial charge in [0, 0.05) is 6.54 Å². The van der Waals surface area contributed by atoms with Crippen LogP contribution in [0.2, 0.25) is 0 Å². The first kappa shape index (κ1) is 13.1. The van der Waals surface area contributed by atoms with Crippen LogP contribution in [-0.2, 0) is 13.1 Å². The third kappa shape index (κ3) is 3.36. The second-order valence-corrected chi connectivity index (χ2v) is 5.96. The zero-order chi connectivity index (χ0) is 13.8. The predicted molar refractivity (Wildman–Crippen MR) is 77.5 cm³/mol. The fourth-order valence-electron chi connectivity index (χ4n) is 2.13. The van der Waals surface area contributed by atoms with Crippen LogP contribution in [0.1, 0.15) is 25.0 Å². The van der Waals surface area contributed by atoms with Crippen molar-refractivity contribution in [2.75, 3.05) is 5.32 Å². The average molecular weight is 291 g/mol. The smallest absolute Gasteiger partial charge is 0.320 e. The van der Waals surface area contributed by atoms with Crippen LogP contribution in [0.5, 0.6) is 0 Å². The predicted octanol–water partition coefficient (Wildman–Crippen LogP) is 2.46. The van der Waals surface area contributed by atoms with Crippen LogP contribution in [0.25, 0.3) is 0 Å². The van der Waals surface area contributed by atoms with Crippen molar-refractivity contribution in [1.29, 1.82) is 0 Å². The van der Waals surface area contributed by atoms with Crippen molar-refractivity contribution in [1.82, 2.24) is 20.3 Å². The van der Waals surface area contributed by atoms with Gasteiger partial charge in [-0.05, 0) is 36.3 Å². The molecule has 2 N–H and O–H groups in total. The maximum atomic E-state index is 11.7. The molecule has 0 aliphatic heterocycles. The first-order valence-electron chi connectivity index (χ1n) is 6.77. The van der Waals surface area contributed by atoms with Gasteiger partial charge in [-0.1, -0.05) is 11.6 Å². The van der Waals surface area contributed by atoms with E-state index >= 15 is 0 Å². The van der Waals surface area contributed by atoms with Gasteiger partial charge in [0.2, 0.25) is 0 Å². The number of nitrogens with one attached hydrogen (secondary N) is 2. The molecular weight excluding hydrogens is 274 g/mol. The minimum atomic E-state index is -0.221. The van der Waals surface area contributed by atoms with E-state index in [0.717, 1.165) is 23.2 Å². The van der Waals surface area contributed by atoms with Gasteiger partial charge in [0.25, 0.3) is 0 Å². The van der Waals surface area contributed by atoms with Gasteiger partial charge in [0.1, 0.15) is 5.69 Å². The topological polar surface area (TPSA) is 71.8 Å². The summed E-state index contributed by atoms with van der Waals surface area (Å²) in [4.78, 5) is 11.7. The lowest BCUT2D eigenvalue weighted by atomic mass is 9.85. The normalized spacial score (nSPS) is 14.8. The fourth-order valence-corrected chi connectivity index (χ4v) is 2.74. The summed E-state index contributed by atoms with van der Waals surface area (Å²) in [6.45, 7) is 1.33. The van der Waals surface area contributed by atoms with Crippen molar-refractivity contribution >= 4 is 22.4 Å². The van der Waals surface area contributed by atoms with Gasteiger partial charge in [-0.3, -0.25) is 10.00 Å². The zero-order valence-electron chi connectivity index (χ0n) is 11.1. The molecule has 106 valence electrons. The molecule has 0 atom stereocenters. The highest BCUT2D eigenvalue weighted by Crippen LogP contribution is 2.27. The number of aromatic nitrogens is 3. The third-order valence-electron chi connectivity index (χ3n) is 3.44. The molecule has 0 unspecified atom stereocenters. The van der Waals surface area contributed by atoms with E-state index in [1.165, 1.54) is 30.6 Å². The van der Waals surface area contributed by atoms with Crippen molar-refractivity contribution in [2.45, 2.75) is 32.4 Å². The van der Waals surface area contributed by atoms with E-state index in [2.05, 4.69) is 20.9 Å². The molecule has 2 aromatic heterocycles. The molecule has 1 aliphatic rings. The Morgan fingerprint density at radius 2 is 2.40 bits per heavy atom. The van der Waals surface area contributed by atoms with Gasteiger partial charge < -0.3 is 5.32 Å². The SMILES string of the molecule is O=C(NCc1cn(CC2CCC2)nn1)Nc1cccs1. The molecule has 0 bridgehead atoms. The molecule has 2 amide bonds. The van der Waals surface area contributed by atoms with E-state index in [1.54, 1.807) is 0 Å². The van der Waals surface area contributed by atoms with Crippen molar-refractivity contribution in [3.05, 3.63) is 29.4 Å². The first-order chi connectivity index (χ1) is 9.79. The van der Waals surface area contributed by atoms with E-state index in [9.17, 15) is 4.79 Å². The zero-order valence-corrected chi connectivity index (χ0v) is 11.9. The van der Waals surface area contributed by atoms with Crippen molar-refractivity contribution in [3.63, 3.8) is 0 Å². The summed E-state index contributed by atoms with van der Waals surface area (Å²) in [5, 5.41) is 16.4. The number of nitrogens with zero attached hydrogens (tertiary/aromatic N) is 3. The van der Waals surface area contributed by atoms with Crippen LogP contribution >= 0.6 is 11.3 Å². The second kappa shape index (κ2) is 6.04. The number of hydrogen-bond donors (Lipinski definition) is 2. The number of thiophene rings is 1. The van der Waals surface area contributed by atoms with Gasteiger partial charge in [0.05, 0.1) is 17.7 Å². The molecule has 0 saturated heterocycles. The molecule has 1 aliphatic carbocycles. The maximum absolute atomic E-state index is 11.7. The highest BCUT2D eigenvalue weighted by Gasteiger charge is 2.18. The molecule has 0 spiro atoms. The lowest BCUT2D eigenvalue weighted by Gasteiger charge is -2.24. The van der Waals surface area contributed by atoms with Gasteiger partial charge in [-0.25, -0.2) is 4.79 Å². The Morgan fingerprint density at radius 3 is 3.10 bits per heavy atom. The summed E-state index contributed by atoms with van der Waals surface area (Å²) < 4.78 is 1.87. The van der Waals surface area contributed by atoms with Gasteiger partial charge in [-0.15, -0.1) is 16.4 Å². The number of anilines is 1. The van der Waals surface area contributed by atoms with E-state index < -0.39 is 0 Å². The first-order valence-corrected chi connectivity index (χ1v) is 7.65. The number of urea groups is 1. The molecule has 3 rings (SSSR count). The summed E-state index contributed by atoms with van der Waals surface area (Å²) in [6.07, 6.45) is 5.81. The lowest BCUT2D eigenvalue weighted by molar-refractivity contribution is 0.251. The number of carbonyl (C=O) groups excluding carboxylic acids is 1. The Bertz CT molecular complexity index is 561. The van der Waals surface area contributed by atoms with Crippen LogP contribution in [0, 0.1) is 5.92 Å². The van der Waals surface area contributed by atoms with E-state index in [0.29, 0.717) is 6.54 Å². The molecule has 2 aromatic rings. The third-order valence-corrected chi connectivity index (χ3v) is 4.23. The minimum absolute atomic E-state index is 0.221. The number of rotatable bonds is 5. The molecule has 1 saturated carbocycles. The molecule has 0 radical (unpaired) electrons. The quantitative estimate of drug-likeness (QED) is 0.889. The Balaban J connectivity index is 1.44. The molecule has 2 heterocycles. The van der Waals surface area contributed by atoms with Crippen LogP contribution < -0.4 is 10.6 Å². The Labute approximate surface area is 121 Å². The van der Waals surface area contributed by atoms with E-state index in [1.807, 2.05) is 28.4 Å². The fraction of sp³-hybridized carbons (Fsp3) is 0.462. The van der Waals surface area contributed by atoms with Gasteiger partial charge in [0.15, 0.2) is 0 Å². The number of amides is 2. The summed E-state index contributed by atoms with van der Waals surface area (Å²) >= 11 is 1.49. The van der Waals surface area contributed by atoms with E-state index in [-0.39, 0.29) is 6.03 Å². The molecular formula is C13H17N5OS. The molecule has 20 heavy (non-hydrogen) atoms. The van der Waals surface area contributed by atoms with Gasteiger partial charge >= 0.3 is 6.03 Å². The highest BCUT2D eigenvalue weighted by molar-refractivity contribution is 7.14. The lowest BCUT2D eigenvalue weighted by Crippen LogP contribution is -2.27. The number of hydrogen-bond acceptors (Lipinski definition) is 4. The Morgan fingerprint density at radius 1 is 1.50 bits per heavy atom. The average Bonchev–Trinajstić information content (AvgIpc) is 3.03. The van der Waals surface area contributed by atoms with Crippen LogP contribution in [0.15, 0.2) is 23.7 Å². The standard InChI is InChI=1S/C13H17N5OS/c19-13(15-12-5-2-6-20-12)14-7-11-9-18(17-16-11)8-10-3-1-4-10/h2,5-6,9-10H,1,3-4,7-8H2,(H2,14,15,19). The summed E-state index contributed by atoms with van der Waals surface area (Å²) in [6, 6.07) is 3.53. The van der Waals surface area contributed by atoms with Crippen LogP contribution in [0.4, 0.5) is 9.80 Å². The van der Waals surface area contributed by atoms with Crippen LogP contribution in [-0.4, -0.2) is 21.0 Å². The molecule has 6 nitrogen and oxygen atoms in total. The largest absolute Gasteiger partial charge is 0.332 e. The summed E-state index contributed by atoms with van der Waals surface area (Å²) in [7, 11) is 0. The van der Waals surface area contributed by atoms with Crippen molar-refractivity contribution in [2.24, 2.45) is 5.92 Å². The molecule has 7 heteroatoms. The van der Waals surface area contributed by atoms with E-state index in [4.69, 9.17) is 0 Å². The summed E-state index contributed by atoms with van der Waals surface area (Å²) in [5.41, 5.74) is 0.783. The monoisotopic (exact) mass is 291 g/mol. The van der Waals surface area contributed by atoms with Crippen molar-refractivity contribution in [3.8, 4) is 0 Å². The Hall–Kier alpha value is -1.89. The number of carbonyl (C=O) groups is 1. The van der Waals surface area contributed by atoms with Gasteiger partial charge in [-0.2, -0.15) is 0 Å². The minimum Gasteiger partial charge on any atom is -0.332 e. The highest BCUT2D eigenvalue weighted by atomic mass is 32.1. The summed E-state index contributed by atoms with van der Waals surface area (Å²) in [5.74, 6) is 0.750. The molecule has 0 aromatic carbocycles. The van der Waals surface area contributed by atoms with Crippen molar-refractivity contribution < 1.29 is 4.79 Å².